The first-order chi connectivity index (χ1) is 6.77. The third kappa shape index (κ3) is 1.65. The number of hydrogen-bond donors (Lipinski definition) is 1. The zero-order valence-corrected chi connectivity index (χ0v) is 7.94. The first kappa shape index (κ1) is 8.90. The van der Waals surface area contributed by atoms with Crippen molar-refractivity contribution in [2.45, 2.75) is 0 Å². The summed E-state index contributed by atoms with van der Waals surface area (Å²) in [5.74, 6) is 0. The summed E-state index contributed by atoms with van der Waals surface area (Å²) in [6, 6.07) is 1.60. The Balaban J connectivity index is 2.53. The first-order valence-corrected chi connectivity index (χ1v) is 4.31. The van der Waals surface area contributed by atoms with Crippen molar-refractivity contribution in [2.24, 2.45) is 0 Å². The summed E-state index contributed by atoms with van der Waals surface area (Å²) in [5, 5.41) is 0.378. The normalized spacial score (nSPS) is 10.1. The van der Waals surface area contributed by atoms with E-state index in [1.165, 1.54) is 6.33 Å². The number of hydrogen-bond acceptors (Lipinski definition) is 4. The van der Waals surface area contributed by atoms with Gasteiger partial charge in [-0.3, -0.25) is 0 Å². The summed E-state index contributed by atoms with van der Waals surface area (Å²) in [5.41, 5.74) is 7.96. The molecule has 2 aromatic heterocycles. The Bertz CT molecular complexity index is 444. The van der Waals surface area contributed by atoms with Gasteiger partial charge < -0.3 is 5.73 Å². The molecule has 5 heteroatoms. The van der Waals surface area contributed by atoms with E-state index in [9.17, 15) is 0 Å². The molecule has 70 valence electrons. The summed E-state index contributed by atoms with van der Waals surface area (Å²) >= 11 is 5.68. The monoisotopic (exact) mass is 206 g/mol. The molecular weight excluding hydrogens is 200 g/mol. The van der Waals surface area contributed by atoms with Crippen LogP contribution in [0, 0.1) is 0 Å². The fraction of sp³-hybridized carbons (Fsp3) is 0. The van der Waals surface area contributed by atoms with Gasteiger partial charge in [0, 0.05) is 35.4 Å². The van der Waals surface area contributed by atoms with E-state index in [1.54, 1.807) is 24.7 Å². The molecular formula is C9H7ClN4. The lowest BCUT2D eigenvalue weighted by Crippen LogP contribution is -1.92. The van der Waals surface area contributed by atoms with Gasteiger partial charge in [-0.1, -0.05) is 11.6 Å². The third-order valence-corrected chi connectivity index (χ3v) is 1.98. The van der Waals surface area contributed by atoms with Gasteiger partial charge in [-0.15, -0.1) is 0 Å². The van der Waals surface area contributed by atoms with Crippen LogP contribution < -0.4 is 5.73 Å². The standard InChI is InChI=1S/C9H7ClN4/c10-9-1-8(11)7(4-14-9)6-2-12-5-13-3-6/h1-5H,(H2,11,14). The Labute approximate surface area is 85.8 Å². The molecule has 0 bridgehead atoms. The second-order valence-electron chi connectivity index (χ2n) is 2.72. The van der Waals surface area contributed by atoms with Crippen LogP contribution in [0.25, 0.3) is 11.1 Å². The molecule has 4 nitrogen and oxygen atoms in total. The lowest BCUT2D eigenvalue weighted by molar-refractivity contribution is 1.17. The summed E-state index contributed by atoms with van der Waals surface area (Å²) < 4.78 is 0. The van der Waals surface area contributed by atoms with Gasteiger partial charge in [0.25, 0.3) is 0 Å². The van der Waals surface area contributed by atoms with Crippen molar-refractivity contribution in [2.75, 3.05) is 5.73 Å². The van der Waals surface area contributed by atoms with E-state index in [1.807, 2.05) is 0 Å². The van der Waals surface area contributed by atoms with E-state index in [0.717, 1.165) is 11.1 Å². The van der Waals surface area contributed by atoms with Gasteiger partial charge in [0.15, 0.2) is 0 Å². The van der Waals surface area contributed by atoms with Crippen molar-refractivity contribution >= 4 is 17.3 Å². The largest absolute Gasteiger partial charge is 0.398 e. The molecule has 2 heterocycles. The average Bonchev–Trinajstić information content (AvgIpc) is 2.19. The Morgan fingerprint density at radius 1 is 1.14 bits per heavy atom. The van der Waals surface area contributed by atoms with Gasteiger partial charge in [-0.25, -0.2) is 15.0 Å². The van der Waals surface area contributed by atoms with Crippen LogP contribution in [0.3, 0.4) is 0 Å². The van der Waals surface area contributed by atoms with Crippen LogP contribution >= 0.6 is 11.6 Å². The minimum Gasteiger partial charge on any atom is -0.398 e. The Morgan fingerprint density at radius 2 is 1.86 bits per heavy atom. The molecule has 0 aromatic carbocycles. The van der Waals surface area contributed by atoms with E-state index < -0.39 is 0 Å². The van der Waals surface area contributed by atoms with Crippen LogP contribution in [-0.4, -0.2) is 15.0 Å². The maximum Gasteiger partial charge on any atom is 0.131 e. The lowest BCUT2D eigenvalue weighted by atomic mass is 10.1. The van der Waals surface area contributed by atoms with Crippen LogP contribution in [0.1, 0.15) is 0 Å². The molecule has 2 rings (SSSR count). The number of anilines is 1. The fourth-order valence-corrected chi connectivity index (χ4v) is 1.29. The summed E-state index contributed by atoms with van der Waals surface area (Å²) in [4.78, 5) is 11.7. The van der Waals surface area contributed by atoms with Crippen molar-refractivity contribution in [3.8, 4) is 11.1 Å². The number of halogens is 1. The zero-order chi connectivity index (χ0) is 9.97. The molecule has 0 saturated carbocycles. The van der Waals surface area contributed by atoms with Gasteiger partial charge in [0.05, 0.1) is 0 Å². The molecule has 0 aliphatic carbocycles. The van der Waals surface area contributed by atoms with Crippen molar-refractivity contribution in [1.29, 1.82) is 0 Å². The maximum absolute atomic E-state index is 5.77. The highest BCUT2D eigenvalue weighted by Gasteiger charge is 2.03. The number of nitrogen functional groups attached to an aromatic ring is 1. The van der Waals surface area contributed by atoms with E-state index in [0.29, 0.717) is 10.8 Å². The van der Waals surface area contributed by atoms with Crippen molar-refractivity contribution in [3.05, 3.63) is 36.1 Å². The number of nitrogens with zero attached hydrogens (tertiary/aromatic N) is 3. The molecule has 0 fully saturated rings. The molecule has 0 spiro atoms. The Morgan fingerprint density at radius 3 is 2.50 bits per heavy atom. The highest BCUT2D eigenvalue weighted by atomic mass is 35.5. The predicted octanol–water partition coefficient (Wildman–Crippen LogP) is 1.77. The molecule has 0 radical (unpaired) electrons. The molecule has 2 N–H and O–H groups in total. The lowest BCUT2D eigenvalue weighted by Gasteiger charge is -2.03. The third-order valence-electron chi connectivity index (χ3n) is 1.77. The fourth-order valence-electron chi connectivity index (χ4n) is 1.12. The van der Waals surface area contributed by atoms with Crippen LogP contribution in [0.15, 0.2) is 31.0 Å². The minimum absolute atomic E-state index is 0.378. The van der Waals surface area contributed by atoms with Crippen LogP contribution in [-0.2, 0) is 0 Å². The van der Waals surface area contributed by atoms with Crippen molar-refractivity contribution in [1.82, 2.24) is 15.0 Å². The smallest absolute Gasteiger partial charge is 0.131 e. The molecule has 0 unspecified atom stereocenters. The number of pyridine rings is 1. The SMILES string of the molecule is Nc1cc(Cl)ncc1-c1cncnc1. The highest BCUT2D eigenvalue weighted by Crippen LogP contribution is 2.25. The maximum atomic E-state index is 5.77. The number of nitrogens with two attached hydrogens (primary N) is 1. The molecule has 2 aromatic rings. The molecule has 0 aliphatic rings. The van der Waals surface area contributed by atoms with Gasteiger partial charge in [0.2, 0.25) is 0 Å². The minimum atomic E-state index is 0.378. The average molecular weight is 207 g/mol. The molecule has 0 amide bonds. The van der Waals surface area contributed by atoms with Gasteiger partial charge in [-0.2, -0.15) is 0 Å². The topological polar surface area (TPSA) is 64.7 Å². The second kappa shape index (κ2) is 3.59. The van der Waals surface area contributed by atoms with Crippen molar-refractivity contribution in [3.63, 3.8) is 0 Å². The summed E-state index contributed by atoms with van der Waals surface area (Å²) in [6.45, 7) is 0. The highest BCUT2D eigenvalue weighted by molar-refractivity contribution is 6.29. The predicted molar refractivity (Wildman–Crippen MR) is 54.7 cm³/mol. The van der Waals surface area contributed by atoms with Crippen LogP contribution in [0.5, 0.6) is 0 Å². The van der Waals surface area contributed by atoms with Gasteiger partial charge >= 0.3 is 0 Å². The Hall–Kier alpha value is -1.68. The van der Waals surface area contributed by atoms with Crippen LogP contribution in [0.2, 0.25) is 5.15 Å². The van der Waals surface area contributed by atoms with Gasteiger partial charge in [0.1, 0.15) is 11.5 Å². The zero-order valence-electron chi connectivity index (χ0n) is 7.18. The molecule has 0 saturated heterocycles. The molecule has 0 aliphatic heterocycles. The van der Waals surface area contributed by atoms with Crippen LogP contribution in [0.4, 0.5) is 5.69 Å². The van der Waals surface area contributed by atoms with Gasteiger partial charge in [-0.05, 0) is 6.07 Å². The molecule has 0 atom stereocenters. The number of aromatic nitrogens is 3. The van der Waals surface area contributed by atoms with Crippen molar-refractivity contribution < 1.29 is 0 Å². The molecule has 14 heavy (non-hydrogen) atoms. The summed E-state index contributed by atoms with van der Waals surface area (Å²) in [6.07, 6.45) is 6.42. The van der Waals surface area contributed by atoms with E-state index in [-0.39, 0.29) is 0 Å². The second-order valence-corrected chi connectivity index (χ2v) is 3.11. The number of rotatable bonds is 1. The first-order valence-electron chi connectivity index (χ1n) is 3.94. The Kier molecular flexibility index (Phi) is 2.28. The van der Waals surface area contributed by atoms with E-state index in [4.69, 9.17) is 17.3 Å². The van der Waals surface area contributed by atoms with E-state index in [2.05, 4.69) is 15.0 Å². The van der Waals surface area contributed by atoms with E-state index >= 15 is 0 Å². The quantitative estimate of drug-likeness (QED) is 0.723. The summed E-state index contributed by atoms with van der Waals surface area (Å²) in [7, 11) is 0.